The smallest absolute Gasteiger partial charge is 0.303 e. The lowest BCUT2D eigenvalue weighted by Crippen LogP contribution is -2.78. The van der Waals surface area contributed by atoms with Gasteiger partial charge < -0.3 is 9.79 Å². The van der Waals surface area contributed by atoms with Crippen LogP contribution < -0.4 is 0 Å². The highest BCUT2D eigenvalue weighted by Gasteiger charge is 2.99. The molecule has 44 heavy (non-hydrogen) atoms. The molecule has 0 rings (SSSR count). The Morgan fingerprint density at radius 2 is 0.591 bits per heavy atom. The summed E-state index contributed by atoms with van der Waals surface area (Å²) < 4.78 is 345. The first-order valence-electron chi connectivity index (χ1n) is 9.38. The van der Waals surface area contributed by atoms with E-state index >= 15 is 0 Å². The molecule has 0 bridgehead atoms. The Balaban J connectivity index is 7.17. The van der Waals surface area contributed by atoms with Crippen molar-refractivity contribution in [1.82, 2.24) is 0 Å². The predicted octanol–water partition coefficient (Wildman–Crippen LogP) is 8.04. The van der Waals surface area contributed by atoms with Crippen molar-refractivity contribution in [3.05, 3.63) is 0 Å². The maximum Gasteiger partial charge on any atom is 0.469 e. The summed E-state index contributed by atoms with van der Waals surface area (Å²) in [5.74, 6) is -99.6. The molecule has 0 saturated carbocycles. The molecular weight excluding hydrogens is 738 g/mol. The molecule has 0 saturated heterocycles. The van der Waals surface area contributed by atoms with Gasteiger partial charge in [-0.1, -0.05) is 0 Å². The number of halogens is 25. The molecule has 0 aliphatic heterocycles. The molecule has 30 heteroatoms. The van der Waals surface area contributed by atoms with Gasteiger partial charge in [-0.05, 0) is 0 Å². The van der Waals surface area contributed by atoms with Gasteiger partial charge in [0, 0.05) is 6.42 Å². The predicted molar refractivity (Wildman–Crippen MR) is 83.1 cm³/mol. The van der Waals surface area contributed by atoms with Crippen molar-refractivity contribution in [2.75, 3.05) is 6.61 Å². The minimum Gasteiger partial charge on any atom is -0.303 e. The van der Waals surface area contributed by atoms with Crippen molar-refractivity contribution in [1.29, 1.82) is 0 Å². The van der Waals surface area contributed by atoms with Crippen LogP contribution >= 0.6 is 7.82 Å². The summed E-state index contributed by atoms with van der Waals surface area (Å²) in [6, 6.07) is 0. The molecule has 0 aliphatic carbocycles. The van der Waals surface area contributed by atoms with Gasteiger partial charge in [0.25, 0.3) is 0 Å². The Bertz CT molecular complexity index is 1090. The highest BCUT2D eigenvalue weighted by atomic mass is 31.2. The fourth-order valence-corrected chi connectivity index (χ4v) is 2.76. The molecule has 266 valence electrons. The maximum absolute atomic E-state index is 13.7. The highest BCUT2D eigenvalue weighted by Crippen LogP contribution is 2.67. The SMILES string of the molecule is O=P(O)(O)OCCC(F)(F)C(F)(F)C(F)(F)C(F)(F)C(F)(F)C(F)(F)C(F)(F)C(F)(F)C(F)(F)C(F)(F)C(F)(F)C(F)(F)F. The average Bonchev–Trinajstić information content (AvgIpc) is 2.75. The molecule has 0 atom stereocenters. The molecule has 4 nitrogen and oxygen atoms in total. The van der Waals surface area contributed by atoms with E-state index in [4.69, 9.17) is 9.79 Å². The van der Waals surface area contributed by atoms with Crippen LogP contribution in [-0.4, -0.2) is 87.7 Å². The van der Waals surface area contributed by atoms with E-state index < -0.39 is 92.2 Å². The number of alkyl halides is 25. The third-order valence-electron chi connectivity index (χ3n) is 5.04. The molecule has 2 N–H and O–H groups in total. The van der Waals surface area contributed by atoms with Crippen molar-refractivity contribution in [3.63, 3.8) is 0 Å². The lowest BCUT2D eigenvalue weighted by molar-refractivity contribution is -0.482. The van der Waals surface area contributed by atoms with E-state index in [2.05, 4.69) is 4.52 Å². The summed E-state index contributed by atoms with van der Waals surface area (Å²) in [7, 11) is -6.02. The van der Waals surface area contributed by atoms with E-state index in [-0.39, 0.29) is 0 Å². The summed E-state index contributed by atoms with van der Waals surface area (Å²) in [4.78, 5) is 16.2. The van der Waals surface area contributed by atoms with Gasteiger partial charge in [0.1, 0.15) is 0 Å². The second kappa shape index (κ2) is 10.7. The van der Waals surface area contributed by atoms with E-state index in [9.17, 15) is 114 Å². The number of phosphoric ester groups is 1. The number of rotatable bonds is 14. The number of hydrogen-bond donors (Lipinski definition) is 2. The Morgan fingerprint density at radius 1 is 0.386 bits per heavy atom. The van der Waals surface area contributed by atoms with Gasteiger partial charge in [-0.15, -0.1) is 0 Å². The summed E-state index contributed by atoms with van der Waals surface area (Å²) in [5, 5.41) is 0. The molecular formula is C14H6F25O4P. The van der Waals surface area contributed by atoms with E-state index in [1.165, 1.54) is 0 Å². The Kier molecular flexibility index (Phi) is 10.3. The molecule has 0 heterocycles. The first-order chi connectivity index (χ1) is 18.5. The summed E-state index contributed by atoms with van der Waals surface area (Å²) in [6.07, 6.45) is -11.6. The fraction of sp³-hybridized carbons (Fsp3) is 1.00. The van der Waals surface area contributed by atoms with Gasteiger partial charge >= 0.3 is 79.1 Å². The molecule has 0 unspecified atom stereocenters. The average molecular weight is 744 g/mol. The highest BCUT2D eigenvalue weighted by molar-refractivity contribution is 7.46. The van der Waals surface area contributed by atoms with Gasteiger partial charge in [0.2, 0.25) is 0 Å². The van der Waals surface area contributed by atoms with Crippen LogP contribution in [0.15, 0.2) is 0 Å². The molecule has 0 aliphatic rings. The topological polar surface area (TPSA) is 66.8 Å². The van der Waals surface area contributed by atoms with Crippen LogP contribution in [0.4, 0.5) is 110 Å². The van der Waals surface area contributed by atoms with Crippen molar-refractivity contribution in [2.45, 2.75) is 77.7 Å². The monoisotopic (exact) mass is 744 g/mol. The van der Waals surface area contributed by atoms with E-state index in [0.717, 1.165) is 0 Å². The largest absolute Gasteiger partial charge is 0.469 e. The fourth-order valence-electron chi connectivity index (χ4n) is 2.43. The summed E-state index contributed by atoms with van der Waals surface area (Å²) >= 11 is 0. The zero-order valence-electron chi connectivity index (χ0n) is 19.0. The number of phosphoric acid groups is 1. The van der Waals surface area contributed by atoms with E-state index in [1.54, 1.807) is 0 Å². The molecule has 0 aromatic heterocycles. The molecule has 0 fully saturated rings. The lowest BCUT2D eigenvalue weighted by Gasteiger charge is -2.45. The third-order valence-corrected chi connectivity index (χ3v) is 5.56. The first-order valence-corrected chi connectivity index (χ1v) is 10.9. The van der Waals surface area contributed by atoms with E-state index in [0.29, 0.717) is 0 Å². The van der Waals surface area contributed by atoms with Crippen molar-refractivity contribution >= 4 is 7.82 Å². The van der Waals surface area contributed by atoms with Crippen molar-refractivity contribution in [2.24, 2.45) is 0 Å². The minimum atomic E-state index is -9.67. The third kappa shape index (κ3) is 5.63. The second-order valence-corrected chi connectivity index (χ2v) is 9.26. The van der Waals surface area contributed by atoms with Gasteiger partial charge in [-0.2, -0.15) is 110 Å². The zero-order chi connectivity index (χ0) is 36.6. The van der Waals surface area contributed by atoms with Crippen molar-refractivity contribution < 1.29 is 129 Å². The van der Waals surface area contributed by atoms with Gasteiger partial charge in [0.05, 0.1) is 6.61 Å². The van der Waals surface area contributed by atoms with Crippen LogP contribution in [0.2, 0.25) is 0 Å². The van der Waals surface area contributed by atoms with Crippen molar-refractivity contribution in [3.8, 4) is 0 Å². The van der Waals surface area contributed by atoms with Gasteiger partial charge in [-0.25, -0.2) is 4.57 Å². The molecule has 0 aromatic carbocycles. The van der Waals surface area contributed by atoms with Gasteiger partial charge in [0.15, 0.2) is 0 Å². The first kappa shape index (κ1) is 42.4. The Labute approximate surface area is 222 Å². The van der Waals surface area contributed by atoms with E-state index in [1.807, 2.05) is 0 Å². The van der Waals surface area contributed by atoms with Gasteiger partial charge in [-0.3, -0.25) is 4.52 Å². The molecule has 0 amide bonds. The van der Waals surface area contributed by atoms with Crippen LogP contribution in [0, 0.1) is 0 Å². The second-order valence-electron chi connectivity index (χ2n) is 8.02. The normalized spacial score (nSPS) is 16.9. The van der Waals surface area contributed by atoms with Crippen LogP contribution in [-0.2, 0) is 9.09 Å². The van der Waals surface area contributed by atoms with Crippen LogP contribution in [0.25, 0.3) is 0 Å². The standard InChI is InChI=1S/C14H6F25O4P/c15-3(16,1-2-43-44(40,41)42)4(17,18)5(19,20)6(21,22)7(23,24)8(25,26)9(27,28)10(29,30)11(31,32)12(33,34)13(35,36)14(37,38)39/h1-2H2,(H2,40,41,42). The minimum absolute atomic E-state index is 2.63. The number of hydrogen-bond acceptors (Lipinski definition) is 2. The molecule has 0 aromatic rings. The summed E-state index contributed by atoms with van der Waals surface area (Å²) in [6.45, 7) is -2.63. The zero-order valence-corrected chi connectivity index (χ0v) is 19.9. The lowest BCUT2D eigenvalue weighted by atomic mass is 9.84. The molecule has 0 radical (unpaired) electrons. The van der Waals surface area contributed by atoms with Crippen LogP contribution in [0.5, 0.6) is 0 Å². The Hall–Kier alpha value is -1.64. The maximum atomic E-state index is 13.7. The van der Waals surface area contributed by atoms with Crippen LogP contribution in [0.1, 0.15) is 6.42 Å². The Morgan fingerprint density at radius 3 is 0.795 bits per heavy atom. The summed E-state index contributed by atoms with van der Waals surface area (Å²) in [5.41, 5.74) is 0. The quantitative estimate of drug-likeness (QED) is 0.140. The molecule has 0 spiro atoms. The van der Waals surface area contributed by atoms with Crippen LogP contribution in [0.3, 0.4) is 0 Å².